The molecule has 0 spiro atoms. The van der Waals surface area contributed by atoms with Gasteiger partial charge in [0.1, 0.15) is 0 Å². The molecule has 1 saturated carbocycles. The van der Waals surface area contributed by atoms with Crippen LogP contribution in [0.5, 0.6) is 0 Å². The predicted molar refractivity (Wildman–Crippen MR) is 64.7 cm³/mol. The molecular weight excluding hydrogens is 232 g/mol. The minimum atomic E-state index is -0.333. The van der Waals surface area contributed by atoms with Gasteiger partial charge in [0.2, 0.25) is 0 Å². The first-order valence-electron chi connectivity index (χ1n) is 5.92. The van der Waals surface area contributed by atoms with Crippen LogP contribution in [0, 0.1) is 0 Å². The maximum Gasteiger partial charge on any atom is 0.365 e. The second-order valence-corrected chi connectivity index (χ2v) is 4.47. The first kappa shape index (κ1) is 11.2. The van der Waals surface area contributed by atoms with Crippen LogP contribution in [0.3, 0.4) is 0 Å². The van der Waals surface area contributed by atoms with E-state index in [4.69, 9.17) is 4.74 Å². The van der Waals surface area contributed by atoms with Gasteiger partial charge in [-0.3, -0.25) is 0 Å². The first-order valence-corrected chi connectivity index (χ1v) is 5.92. The monoisotopic (exact) mass is 246 g/mol. The number of benzene rings is 1. The van der Waals surface area contributed by atoms with Crippen molar-refractivity contribution in [3.8, 4) is 5.69 Å². The normalized spacial score (nSPS) is 14.9. The predicted octanol–water partition coefficient (Wildman–Crippen LogP) is 0.979. The number of hydrogen-bond acceptors (Lipinski definition) is 4. The van der Waals surface area contributed by atoms with Crippen molar-refractivity contribution >= 4 is 0 Å². The number of tetrazole rings is 1. The van der Waals surface area contributed by atoms with Gasteiger partial charge in [-0.1, -0.05) is 12.1 Å². The number of nitrogens with one attached hydrogen (secondary N) is 1. The van der Waals surface area contributed by atoms with E-state index in [1.54, 1.807) is 7.11 Å². The van der Waals surface area contributed by atoms with E-state index in [1.165, 1.54) is 23.1 Å². The quantitative estimate of drug-likeness (QED) is 0.872. The molecule has 1 N–H and O–H groups in total. The molecule has 94 valence electrons. The molecule has 6 nitrogen and oxygen atoms in total. The van der Waals surface area contributed by atoms with Crippen LogP contribution in [-0.4, -0.2) is 27.3 Å². The zero-order valence-corrected chi connectivity index (χ0v) is 10.1. The standard InChI is InChI=1S/C12H14N4O2/c1-18-7-10-9(8-5-6-8)3-2-4-11(10)16-12(17)13-14-15-16/h2-4,8H,5-7H2,1H3,(H,13,15,17). The van der Waals surface area contributed by atoms with Gasteiger partial charge in [0.15, 0.2) is 0 Å². The third kappa shape index (κ3) is 1.84. The second-order valence-electron chi connectivity index (χ2n) is 4.47. The number of ether oxygens (including phenoxy) is 1. The molecule has 0 bridgehead atoms. The third-order valence-corrected chi connectivity index (χ3v) is 3.19. The molecule has 18 heavy (non-hydrogen) atoms. The second kappa shape index (κ2) is 4.38. The molecule has 1 aromatic heterocycles. The Hall–Kier alpha value is -1.95. The Kier molecular flexibility index (Phi) is 2.71. The molecule has 0 aliphatic heterocycles. The molecule has 0 saturated heterocycles. The lowest BCUT2D eigenvalue weighted by Gasteiger charge is -2.12. The number of rotatable bonds is 4. The van der Waals surface area contributed by atoms with Gasteiger partial charge in [-0.15, -0.1) is 0 Å². The van der Waals surface area contributed by atoms with Gasteiger partial charge in [0, 0.05) is 12.7 Å². The summed E-state index contributed by atoms with van der Waals surface area (Å²) in [5, 5.41) is 9.62. The summed E-state index contributed by atoms with van der Waals surface area (Å²) >= 11 is 0. The molecule has 0 radical (unpaired) electrons. The number of nitrogens with zero attached hydrogens (tertiary/aromatic N) is 3. The van der Waals surface area contributed by atoms with Gasteiger partial charge in [-0.2, -0.15) is 4.68 Å². The van der Waals surface area contributed by atoms with E-state index in [9.17, 15) is 4.79 Å². The number of aromatic amines is 1. The minimum absolute atomic E-state index is 0.333. The van der Waals surface area contributed by atoms with Crippen LogP contribution in [0.4, 0.5) is 0 Å². The minimum Gasteiger partial charge on any atom is -0.380 e. The zero-order valence-electron chi connectivity index (χ0n) is 10.1. The molecule has 0 atom stereocenters. The van der Waals surface area contributed by atoms with Crippen molar-refractivity contribution in [1.29, 1.82) is 0 Å². The van der Waals surface area contributed by atoms with Crippen molar-refractivity contribution < 1.29 is 4.74 Å². The van der Waals surface area contributed by atoms with Crippen LogP contribution in [0.15, 0.2) is 23.0 Å². The molecule has 1 aliphatic carbocycles. The maximum atomic E-state index is 11.6. The van der Waals surface area contributed by atoms with E-state index in [2.05, 4.69) is 21.6 Å². The van der Waals surface area contributed by atoms with Crippen LogP contribution in [0.2, 0.25) is 0 Å². The Morgan fingerprint density at radius 1 is 1.50 bits per heavy atom. The fourth-order valence-electron chi connectivity index (χ4n) is 2.22. The highest BCUT2D eigenvalue weighted by molar-refractivity contribution is 5.47. The van der Waals surface area contributed by atoms with E-state index in [0.717, 1.165) is 11.3 Å². The summed E-state index contributed by atoms with van der Waals surface area (Å²) in [7, 11) is 1.65. The summed E-state index contributed by atoms with van der Waals surface area (Å²) in [6, 6.07) is 5.91. The number of H-pyrrole nitrogens is 1. The van der Waals surface area contributed by atoms with Gasteiger partial charge in [0.25, 0.3) is 0 Å². The molecule has 6 heteroatoms. The average molecular weight is 246 g/mol. The lowest BCUT2D eigenvalue weighted by molar-refractivity contribution is 0.184. The summed E-state index contributed by atoms with van der Waals surface area (Å²) < 4.78 is 6.53. The maximum absolute atomic E-state index is 11.6. The zero-order chi connectivity index (χ0) is 12.5. The molecule has 1 heterocycles. The van der Waals surface area contributed by atoms with Crippen LogP contribution in [0.1, 0.15) is 29.9 Å². The molecule has 0 amide bonds. The molecule has 0 unspecified atom stereocenters. The van der Waals surface area contributed by atoms with Crippen molar-refractivity contribution in [1.82, 2.24) is 20.2 Å². The summed E-state index contributed by atoms with van der Waals surface area (Å²) in [5.74, 6) is 0.595. The van der Waals surface area contributed by atoms with Crippen LogP contribution in [-0.2, 0) is 11.3 Å². The molecule has 2 aromatic rings. The smallest absolute Gasteiger partial charge is 0.365 e. The molecule has 1 aromatic carbocycles. The Morgan fingerprint density at radius 2 is 2.33 bits per heavy atom. The highest BCUT2D eigenvalue weighted by atomic mass is 16.5. The summed E-state index contributed by atoms with van der Waals surface area (Å²) in [5.41, 5.74) is 2.70. The largest absolute Gasteiger partial charge is 0.380 e. The van der Waals surface area contributed by atoms with Crippen molar-refractivity contribution in [3.05, 3.63) is 39.8 Å². The Morgan fingerprint density at radius 3 is 2.94 bits per heavy atom. The van der Waals surface area contributed by atoms with Gasteiger partial charge < -0.3 is 4.74 Å². The lowest BCUT2D eigenvalue weighted by Crippen LogP contribution is -2.18. The molecule has 1 aliphatic rings. The highest BCUT2D eigenvalue weighted by Gasteiger charge is 2.27. The van der Waals surface area contributed by atoms with Crippen molar-refractivity contribution in [2.75, 3.05) is 7.11 Å². The van der Waals surface area contributed by atoms with Gasteiger partial charge in [-0.05, 0) is 40.8 Å². The fourth-order valence-corrected chi connectivity index (χ4v) is 2.22. The number of hydrogen-bond donors (Lipinski definition) is 1. The Balaban J connectivity index is 2.16. The van der Waals surface area contributed by atoms with E-state index >= 15 is 0 Å². The van der Waals surface area contributed by atoms with Crippen molar-refractivity contribution in [2.45, 2.75) is 25.4 Å². The van der Waals surface area contributed by atoms with Crippen molar-refractivity contribution in [3.63, 3.8) is 0 Å². The van der Waals surface area contributed by atoms with Crippen LogP contribution < -0.4 is 5.69 Å². The van der Waals surface area contributed by atoms with Crippen LogP contribution in [0.25, 0.3) is 5.69 Å². The summed E-state index contributed by atoms with van der Waals surface area (Å²) in [6.07, 6.45) is 2.40. The van der Waals surface area contributed by atoms with Gasteiger partial charge in [0.05, 0.1) is 12.3 Å². The van der Waals surface area contributed by atoms with Crippen LogP contribution >= 0.6 is 0 Å². The first-order chi connectivity index (χ1) is 8.81. The lowest BCUT2D eigenvalue weighted by atomic mass is 10.0. The van der Waals surface area contributed by atoms with Gasteiger partial charge >= 0.3 is 5.69 Å². The van der Waals surface area contributed by atoms with Crippen molar-refractivity contribution in [2.24, 2.45) is 0 Å². The van der Waals surface area contributed by atoms with E-state index in [0.29, 0.717) is 12.5 Å². The Labute approximate surface area is 104 Å². The van der Waals surface area contributed by atoms with E-state index in [1.807, 2.05) is 12.1 Å². The molecular formula is C12H14N4O2. The SMILES string of the molecule is COCc1c(C2CC2)cccc1-n1nn[nH]c1=O. The fraction of sp³-hybridized carbons (Fsp3) is 0.417. The number of methoxy groups -OCH3 is 1. The van der Waals surface area contributed by atoms with E-state index < -0.39 is 0 Å². The molecule has 1 fully saturated rings. The highest BCUT2D eigenvalue weighted by Crippen LogP contribution is 2.42. The third-order valence-electron chi connectivity index (χ3n) is 3.19. The summed E-state index contributed by atoms with van der Waals surface area (Å²) in [6.45, 7) is 0.474. The Bertz CT molecular complexity index is 613. The van der Waals surface area contributed by atoms with E-state index in [-0.39, 0.29) is 5.69 Å². The van der Waals surface area contributed by atoms with Gasteiger partial charge in [-0.25, -0.2) is 9.89 Å². The number of aromatic nitrogens is 4. The summed E-state index contributed by atoms with van der Waals surface area (Å²) in [4.78, 5) is 11.6. The topological polar surface area (TPSA) is 72.8 Å². The average Bonchev–Trinajstić information content (AvgIpc) is 3.13. The molecule has 3 rings (SSSR count).